The van der Waals surface area contributed by atoms with Crippen LogP contribution in [-0.4, -0.2) is 0 Å². The lowest BCUT2D eigenvalue weighted by Gasteiger charge is -1.72. The van der Waals surface area contributed by atoms with Crippen LogP contribution in [0.4, 0.5) is 8.78 Å². The standard InChI is InChI=1S/C2Cl2F2/c3-1(5)2(4)6. The monoisotopic (exact) mass is 132 g/mol. The first-order valence-corrected chi connectivity index (χ1v) is 1.76. The fourth-order valence-electron chi connectivity index (χ4n) is 0. The first kappa shape index (κ1) is 6.18. The van der Waals surface area contributed by atoms with E-state index in [9.17, 15) is 8.78 Å². The minimum atomic E-state index is -1.50. The van der Waals surface area contributed by atoms with Crippen molar-refractivity contribution in [1.82, 2.24) is 0 Å². The molecule has 0 saturated carbocycles. The number of hydrogen-bond acceptors (Lipinski definition) is 0. The molecule has 36 valence electrons. The van der Waals surface area contributed by atoms with Crippen LogP contribution in [0.1, 0.15) is 0 Å². The van der Waals surface area contributed by atoms with E-state index in [-0.39, 0.29) is 0 Å². The molecule has 0 aliphatic heterocycles. The van der Waals surface area contributed by atoms with Gasteiger partial charge >= 0.3 is 0 Å². The molecular weight excluding hydrogens is 133 g/mol. The molecule has 4 heteroatoms. The summed E-state index contributed by atoms with van der Waals surface area (Å²) in [5.41, 5.74) is 0. The summed E-state index contributed by atoms with van der Waals surface area (Å²) in [6, 6.07) is 0. The summed E-state index contributed by atoms with van der Waals surface area (Å²) in [6.45, 7) is 0. The van der Waals surface area contributed by atoms with Gasteiger partial charge in [0.2, 0.25) is 10.6 Å². The summed E-state index contributed by atoms with van der Waals surface area (Å²) in [7, 11) is 0. The fraction of sp³-hybridized carbons (Fsp3) is 0. The molecule has 0 aliphatic rings. The molecule has 0 aromatic rings. The van der Waals surface area contributed by atoms with E-state index >= 15 is 0 Å². The van der Waals surface area contributed by atoms with Crippen LogP contribution in [0.2, 0.25) is 0 Å². The molecule has 0 N–H and O–H groups in total. The minimum absolute atomic E-state index is 1.50. The third-order valence-corrected chi connectivity index (χ3v) is 0.571. The molecule has 0 aromatic heterocycles. The maximum atomic E-state index is 11.0. The zero-order valence-electron chi connectivity index (χ0n) is 2.51. The van der Waals surface area contributed by atoms with Gasteiger partial charge < -0.3 is 0 Å². The van der Waals surface area contributed by atoms with Gasteiger partial charge in [0, 0.05) is 0 Å². The van der Waals surface area contributed by atoms with E-state index in [4.69, 9.17) is 0 Å². The lowest BCUT2D eigenvalue weighted by molar-refractivity contribution is 0.609. The van der Waals surface area contributed by atoms with Crippen LogP contribution in [-0.2, 0) is 0 Å². The van der Waals surface area contributed by atoms with E-state index < -0.39 is 10.6 Å². The first-order valence-electron chi connectivity index (χ1n) is 1.01. The van der Waals surface area contributed by atoms with E-state index in [0.717, 1.165) is 0 Å². The van der Waals surface area contributed by atoms with Crippen molar-refractivity contribution in [2.24, 2.45) is 0 Å². The molecule has 0 spiro atoms. The molecule has 0 amide bonds. The maximum Gasteiger partial charge on any atom is 0.236 e. The second kappa shape index (κ2) is 2.37. The Hall–Kier alpha value is 0.180. The van der Waals surface area contributed by atoms with Crippen LogP contribution in [0, 0.1) is 0 Å². The average Bonchev–Trinajstić information content (AvgIpc) is 1.36. The Bertz CT molecular complexity index is 59.6. The predicted octanol–water partition coefficient (Wildman–Crippen LogP) is 2.53. The zero-order chi connectivity index (χ0) is 5.15. The molecule has 0 unspecified atom stereocenters. The summed E-state index contributed by atoms with van der Waals surface area (Å²) in [6.07, 6.45) is 0. The molecule has 0 atom stereocenters. The van der Waals surface area contributed by atoms with Crippen LogP contribution in [0.15, 0.2) is 10.6 Å². The highest BCUT2D eigenvalue weighted by Gasteiger charge is 1.93. The van der Waals surface area contributed by atoms with Crippen molar-refractivity contribution in [2.75, 3.05) is 0 Å². The largest absolute Gasteiger partial charge is 0.236 e. The van der Waals surface area contributed by atoms with E-state index in [1.807, 2.05) is 0 Å². The highest BCUT2D eigenvalue weighted by molar-refractivity contribution is 6.37. The maximum absolute atomic E-state index is 11.0. The van der Waals surface area contributed by atoms with Gasteiger partial charge in [-0.05, 0) is 23.2 Å². The van der Waals surface area contributed by atoms with E-state index in [1.54, 1.807) is 0 Å². The molecule has 0 aliphatic carbocycles. The molecule has 0 rings (SSSR count). The van der Waals surface area contributed by atoms with E-state index in [0.29, 0.717) is 0 Å². The lowest BCUT2D eigenvalue weighted by atomic mass is 11.1. The summed E-state index contributed by atoms with van der Waals surface area (Å²) in [5.74, 6) is 0. The molecule has 0 fully saturated rings. The van der Waals surface area contributed by atoms with Crippen LogP contribution < -0.4 is 0 Å². The summed E-state index contributed by atoms with van der Waals surface area (Å²) >= 11 is 8.64. The molecule has 0 bridgehead atoms. The molecule has 0 saturated heterocycles. The SMILES string of the molecule is FC(Cl)=C(F)Cl. The second-order valence-electron chi connectivity index (χ2n) is 0.521. The van der Waals surface area contributed by atoms with E-state index in [1.165, 1.54) is 0 Å². The zero-order valence-corrected chi connectivity index (χ0v) is 4.02. The van der Waals surface area contributed by atoms with Crippen LogP contribution in [0.25, 0.3) is 0 Å². The molecule has 0 nitrogen and oxygen atoms in total. The van der Waals surface area contributed by atoms with E-state index in [2.05, 4.69) is 23.2 Å². The molecular formula is C2Cl2F2. The highest BCUT2D eigenvalue weighted by atomic mass is 35.5. The Morgan fingerprint density at radius 2 is 1.17 bits per heavy atom. The smallest absolute Gasteiger partial charge is 0.189 e. The van der Waals surface area contributed by atoms with Crippen LogP contribution in [0.3, 0.4) is 0 Å². The molecule has 0 heterocycles. The van der Waals surface area contributed by atoms with Gasteiger partial charge in [0.05, 0.1) is 0 Å². The third kappa shape index (κ3) is 2.42. The number of hydrogen-bond donors (Lipinski definition) is 0. The van der Waals surface area contributed by atoms with Gasteiger partial charge in [0.1, 0.15) is 0 Å². The second-order valence-corrected chi connectivity index (χ2v) is 1.18. The van der Waals surface area contributed by atoms with Crippen molar-refractivity contribution in [3.8, 4) is 0 Å². The fourth-order valence-corrected chi connectivity index (χ4v) is 0. The van der Waals surface area contributed by atoms with Crippen LogP contribution in [0.5, 0.6) is 0 Å². The minimum Gasteiger partial charge on any atom is -0.189 e. The normalized spacial score (nSPS) is 14.0. The Labute approximate surface area is 43.4 Å². The van der Waals surface area contributed by atoms with Gasteiger partial charge in [-0.1, -0.05) is 0 Å². The van der Waals surface area contributed by atoms with Crippen molar-refractivity contribution >= 4 is 23.2 Å². The molecule has 6 heavy (non-hydrogen) atoms. The topological polar surface area (TPSA) is 0 Å². The number of halogens is 4. The highest BCUT2D eigenvalue weighted by Crippen LogP contribution is 2.14. The van der Waals surface area contributed by atoms with Gasteiger partial charge in [-0.3, -0.25) is 0 Å². The Morgan fingerprint density at radius 1 is 1.00 bits per heavy atom. The third-order valence-electron chi connectivity index (χ3n) is 0.143. The summed E-state index contributed by atoms with van der Waals surface area (Å²) < 4.78 is 21.9. The summed E-state index contributed by atoms with van der Waals surface area (Å²) in [4.78, 5) is 0. The van der Waals surface area contributed by atoms with Gasteiger partial charge in [-0.2, -0.15) is 8.78 Å². The van der Waals surface area contributed by atoms with Crippen molar-refractivity contribution in [3.05, 3.63) is 10.6 Å². The molecule has 0 radical (unpaired) electrons. The van der Waals surface area contributed by atoms with Gasteiger partial charge in [0.15, 0.2) is 0 Å². The van der Waals surface area contributed by atoms with Gasteiger partial charge in [-0.15, -0.1) is 0 Å². The Balaban J connectivity index is 3.68. The Morgan fingerprint density at radius 3 is 1.17 bits per heavy atom. The van der Waals surface area contributed by atoms with Crippen molar-refractivity contribution < 1.29 is 8.78 Å². The van der Waals surface area contributed by atoms with Crippen LogP contribution >= 0.6 is 23.2 Å². The van der Waals surface area contributed by atoms with Gasteiger partial charge in [0.25, 0.3) is 0 Å². The Kier molecular flexibility index (Phi) is 2.44. The van der Waals surface area contributed by atoms with Crippen molar-refractivity contribution in [1.29, 1.82) is 0 Å². The number of rotatable bonds is 0. The average molecular weight is 133 g/mol. The molecule has 0 aromatic carbocycles. The first-order chi connectivity index (χ1) is 2.64. The van der Waals surface area contributed by atoms with Gasteiger partial charge in [-0.25, -0.2) is 0 Å². The lowest BCUT2D eigenvalue weighted by Crippen LogP contribution is -1.52. The summed E-state index contributed by atoms with van der Waals surface area (Å²) in [5, 5.41) is -3.01. The predicted molar refractivity (Wildman–Crippen MR) is 20.9 cm³/mol. The van der Waals surface area contributed by atoms with Crippen molar-refractivity contribution in [2.45, 2.75) is 0 Å². The van der Waals surface area contributed by atoms with Crippen molar-refractivity contribution in [3.63, 3.8) is 0 Å². The quantitative estimate of drug-likeness (QED) is 0.476.